The normalized spacial score (nSPS) is 13.1. The van der Waals surface area contributed by atoms with Gasteiger partial charge >= 0.3 is 0 Å². The van der Waals surface area contributed by atoms with Gasteiger partial charge < -0.3 is 14.4 Å². The van der Waals surface area contributed by atoms with E-state index in [1.807, 2.05) is 0 Å². The molecule has 0 aliphatic carbocycles. The molecule has 0 saturated heterocycles. The van der Waals surface area contributed by atoms with Crippen molar-refractivity contribution < 1.29 is 0 Å². The van der Waals surface area contributed by atoms with E-state index in [1.54, 1.807) is 0 Å². The summed E-state index contributed by atoms with van der Waals surface area (Å²) in [5.74, 6) is 0. The molecule has 1 aromatic heterocycles. The minimum Gasteiger partial charge on any atom is -0.310 e. The molecule has 0 atom stereocenters. The minimum atomic E-state index is -0.311. The van der Waals surface area contributed by atoms with Gasteiger partial charge in [-0.2, -0.15) is 0 Å². The monoisotopic (exact) mass is 1310 g/mol. The van der Waals surface area contributed by atoms with Crippen molar-refractivity contribution in [2.75, 3.05) is 9.80 Å². The number of nitrogens with zero attached hydrogens (tertiary/aromatic N) is 3. The number of benzene rings is 16. The zero-order chi connectivity index (χ0) is 69.1. The van der Waals surface area contributed by atoms with Crippen LogP contribution in [-0.4, -0.2) is 11.3 Å². The third kappa shape index (κ3) is 9.63. The van der Waals surface area contributed by atoms with Gasteiger partial charge in [-0.05, 0) is 181 Å². The first-order chi connectivity index (χ1) is 49.5. The SMILES string of the molecule is CC(C)(C)c1cc(-c2ccc3c(c2)B2c4ccc(-n5c6ccc7cccc8c9cccc%10ccc5c(c%109)c6c78)cc4N(c4c(-c5ccccc5)cccc4-c4ccccc4)c4cc(C(C)(C)C)cc(c42)N3c2c(-c3ccccc3)cc(-c3ccccc3)cc2-c2ccccc2)cc(C(C)(C)C)c1. The van der Waals surface area contributed by atoms with Gasteiger partial charge in [0.2, 0.25) is 0 Å². The molecule has 3 heterocycles. The molecule has 0 amide bonds. The second-order valence-corrected chi connectivity index (χ2v) is 31.6. The molecule has 2 aliphatic heterocycles. The van der Waals surface area contributed by atoms with E-state index in [1.165, 1.54) is 110 Å². The fraction of sp³-hybridized carbons (Fsp3) is 0.122. The van der Waals surface area contributed by atoms with Gasteiger partial charge in [0.15, 0.2) is 0 Å². The van der Waals surface area contributed by atoms with Crippen LogP contribution in [0.4, 0.5) is 34.1 Å². The van der Waals surface area contributed by atoms with E-state index in [2.05, 4.69) is 386 Å². The van der Waals surface area contributed by atoms with Gasteiger partial charge in [-0.15, -0.1) is 0 Å². The highest BCUT2D eigenvalue weighted by molar-refractivity contribution is 7.00. The molecule has 102 heavy (non-hydrogen) atoms. The molecule has 0 fully saturated rings. The largest absolute Gasteiger partial charge is 0.310 e. The Labute approximate surface area is 599 Å². The molecule has 0 spiro atoms. The second kappa shape index (κ2) is 22.9. The molecule has 3 nitrogen and oxygen atoms in total. The van der Waals surface area contributed by atoms with Crippen molar-refractivity contribution in [1.29, 1.82) is 0 Å². The van der Waals surface area contributed by atoms with E-state index < -0.39 is 0 Å². The summed E-state index contributed by atoms with van der Waals surface area (Å²) in [7, 11) is 0. The Morgan fingerprint density at radius 3 is 1.16 bits per heavy atom. The van der Waals surface area contributed by atoms with Crippen LogP contribution in [0, 0.1) is 0 Å². The Bertz CT molecular complexity index is 5910. The third-order valence-corrected chi connectivity index (χ3v) is 22.3. The molecular weight excluding hydrogens is 1230 g/mol. The lowest BCUT2D eigenvalue weighted by Crippen LogP contribution is -2.61. The highest BCUT2D eigenvalue weighted by Gasteiger charge is 2.46. The standard InChI is InChI=1S/C98H78BN3/c1-96(2,3)71-52-69(53-72(57-71)97(4,5)6)68-46-49-83-82(56-68)99-81-48-47-74(100-84-50-44-66-38-25-42-77-78-43-26-39-67-45-51-85(100)92(90(67)78)91(84)89(66)77)60-86(81)102(94-75(62-30-17-11-18-31-62)40-27-41-76(94)63-32-19-12-20-33-63)88-59-73(98(7,8)9)58-87(93(88)99)101(83)95-79(64-34-21-13-22-35-64)54-70(61-28-15-10-16-29-61)55-80(95)65-36-23-14-24-37-65/h10-60H,1-9H3. The smallest absolute Gasteiger partial charge is 0.252 e. The lowest BCUT2D eigenvalue weighted by Gasteiger charge is -2.46. The quantitative estimate of drug-likeness (QED) is 0.0811. The molecular formula is C98H78BN3. The van der Waals surface area contributed by atoms with Gasteiger partial charge in [0.1, 0.15) is 0 Å². The summed E-state index contributed by atoms with van der Waals surface area (Å²) in [6, 6.07) is 118. The zero-order valence-electron chi connectivity index (χ0n) is 59.4. The van der Waals surface area contributed by atoms with Crippen molar-refractivity contribution in [1.82, 2.24) is 4.57 Å². The highest BCUT2D eigenvalue weighted by Crippen LogP contribution is 2.56. The van der Waals surface area contributed by atoms with Crippen LogP contribution in [-0.2, 0) is 16.2 Å². The summed E-state index contributed by atoms with van der Waals surface area (Å²) in [6.07, 6.45) is 0. The number of rotatable bonds is 9. The second-order valence-electron chi connectivity index (χ2n) is 31.6. The van der Waals surface area contributed by atoms with Crippen molar-refractivity contribution in [2.45, 2.75) is 78.6 Å². The highest BCUT2D eigenvalue weighted by atomic mass is 15.2. The summed E-state index contributed by atoms with van der Waals surface area (Å²) < 4.78 is 2.59. The molecule has 19 rings (SSSR count). The number of hydrogen-bond acceptors (Lipinski definition) is 2. The molecule has 0 bridgehead atoms. The summed E-state index contributed by atoms with van der Waals surface area (Å²) in [5, 5.41) is 10.4. The summed E-state index contributed by atoms with van der Waals surface area (Å²) in [5.41, 5.74) is 31.6. The number of fused-ring (bicyclic) bond motifs is 5. The lowest BCUT2D eigenvalue weighted by atomic mass is 9.33. The van der Waals surface area contributed by atoms with Crippen LogP contribution >= 0.6 is 0 Å². The molecule has 4 heteroatoms. The predicted octanol–water partition coefficient (Wildman–Crippen LogP) is 25.1. The van der Waals surface area contributed by atoms with Gasteiger partial charge in [0.05, 0.1) is 22.4 Å². The van der Waals surface area contributed by atoms with Gasteiger partial charge in [-0.1, -0.05) is 317 Å². The molecule has 17 aromatic rings. The van der Waals surface area contributed by atoms with E-state index >= 15 is 0 Å². The number of aromatic nitrogens is 1. The Hall–Kier alpha value is -11.7. The Kier molecular flexibility index (Phi) is 13.8. The molecule has 0 saturated carbocycles. The van der Waals surface area contributed by atoms with Crippen molar-refractivity contribution in [3.63, 3.8) is 0 Å². The number of hydrogen-bond donors (Lipinski definition) is 0. The van der Waals surface area contributed by atoms with Crippen molar-refractivity contribution in [3.8, 4) is 72.4 Å². The van der Waals surface area contributed by atoms with Crippen molar-refractivity contribution in [3.05, 3.63) is 326 Å². The topological polar surface area (TPSA) is 11.4 Å². The first kappa shape index (κ1) is 61.4. The molecule has 0 N–H and O–H groups in total. The fourth-order valence-corrected chi connectivity index (χ4v) is 17.2. The van der Waals surface area contributed by atoms with Gasteiger partial charge in [-0.3, -0.25) is 0 Å². The van der Waals surface area contributed by atoms with E-state index in [-0.39, 0.29) is 23.0 Å². The Morgan fingerprint density at radius 1 is 0.255 bits per heavy atom. The fourth-order valence-electron chi connectivity index (χ4n) is 17.2. The van der Waals surface area contributed by atoms with E-state index in [0.717, 1.165) is 84.2 Å². The maximum absolute atomic E-state index is 2.73. The first-order valence-electron chi connectivity index (χ1n) is 36.3. The van der Waals surface area contributed by atoms with Crippen LogP contribution in [0.1, 0.15) is 79.0 Å². The van der Waals surface area contributed by atoms with Gasteiger partial charge in [0.25, 0.3) is 6.71 Å². The zero-order valence-corrected chi connectivity index (χ0v) is 59.4. The Balaban J connectivity index is 0.988. The number of para-hydroxylation sites is 1. The minimum absolute atomic E-state index is 0.0930. The van der Waals surface area contributed by atoms with Crippen molar-refractivity contribution >= 4 is 111 Å². The average molecular weight is 1310 g/mol. The molecule has 488 valence electrons. The van der Waals surface area contributed by atoms with Crippen LogP contribution in [0.25, 0.3) is 127 Å². The maximum atomic E-state index is 2.73. The third-order valence-electron chi connectivity index (χ3n) is 22.3. The van der Waals surface area contributed by atoms with Crippen LogP contribution in [0.5, 0.6) is 0 Å². The van der Waals surface area contributed by atoms with Gasteiger partial charge in [0, 0.05) is 61.5 Å². The summed E-state index contributed by atoms with van der Waals surface area (Å²) in [6.45, 7) is 21.1. The predicted molar refractivity (Wildman–Crippen MR) is 438 cm³/mol. The first-order valence-corrected chi connectivity index (χ1v) is 36.3. The number of anilines is 6. The molecule has 0 radical (unpaired) electrons. The summed E-state index contributed by atoms with van der Waals surface area (Å²) >= 11 is 0. The molecule has 16 aromatic carbocycles. The average Bonchev–Trinajstić information content (AvgIpc) is 1.19. The maximum Gasteiger partial charge on any atom is 0.252 e. The van der Waals surface area contributed by atoms with Crippen molar-refractivity contribution in [2.24, 2.45) is 0 Å². The van der Waals surface area contributed by atoms with Crippen LogP contribution in [0.15, 0.2) is 309 Å². The van der Waals surface area contributed by atoms with Crippen LogP contribution in [0.3, 0.4) is 0 Å². The molecule has 0 unspecified atom stereocenters. The van der Waals surface area contributed by atoms with Crippen LogP contribution in [0.2, 0.25) is 0 Å². The Morgan fingerprint density at radius 2 is 0.676 bits per heavy atom. The van der Waals surface area contributed by atoms with E-state index in [0.29, 0.717) is 0 Å². The van der Waals surface area contributed by atoms with E-state index in [4.69, 9.17) is 0 Å². The van der Waals surface area contributed by atoms with Crippen LogP contribution < -0.4 is 26.2 Å². The van der Waals surface area contributed by atoms with Gasteiger partial charge in [-0.25, -0.2) is 0 Å². The lowest BCUT2D eigenvalue weighted by molar-refractivity contribution is 0.569. The summed E-state index contributed by atoms with van der Waals surface area (Å²) in [4.78, 5) is 5.44. The van der Waals surface area contributed by atoms with E-state index in [9.17, 15) is 0 Å². The molecule has 2 aliphatic rings.